The van der Waals surface area contributed by atoms with Crippen LogP contribution in [0.15, 0.2) is 18.2 Å². The van der Waals surface area contributed by atoms with Gasteiger partial charge in [0.2, 0.25) is 0 Å². The first kappa shape index (κ1) is 21.9. The van der Waals surface area contributed by atoms with E-state index in [1.54, 1.807) is 6.07 Å². The first-order chi connectivity index (χ1) is 14.9. The maximum absolute atomic E-state index is 12.2. The van der Waals surface area contributed by atoms with Crippen molar-refractivity contribution in [3.05, 3.63) is 29.5 Å². The van der Waals surface area contributed by atoms with Gasteiger partial charge in [-0.2, -0.15) is 5.10 Å². The number of methoxy groups -OCH3 is 1. The number of benzene rings is 1. The van der Waals surface area contributed by atoms with Crippen LogP contribution in [0.25, 0.3) is 0 Å². The zero-order valence-corrected chi connectivity index (χ0v) is 17.1. The molecule has 0 aliphatic heterocycles. The molecule has 11 nitrogen and oxygen atoms in total. The van der Waals surface area contributed by atoms with E-state index in [4.69, 9.17) is 14.2 Å². The van der Waals surface area contributed by atoms with E-state index < -0.39 is 18.6 Å². The van der Waals surface area contributed by atoms with E-state index in [1.807, 2.05) is 0 Å². The number of nitrogens with one attached hydrogen (secondary N) is 3. The lowest BCUT2D eigenvalue weighted by Crippen LogP contribution is -2.24. The van der Waals surface area contributed by atoms with Crippen molar-refractivity contribution in [3.8, 4) is 17.2 Å². The second-order valence-corrected chi connectivity index (χ2v) is 7.01. The summed E-state index contributed by atoms with van der Waals surface area (Å²) >= 11 is 0. The monoisotopic (exact) mass is 432 g/mol. The van der Waals surface area contributed by atoms with Crippen LogP contribution in [0.2, 0.25) is 0 Å². The lowest BCUT2D eigenvalue weighted by atomic mass is 10.0. The number of hydrogen-bond acceptors (Lipinski definition) is 8. The molecule has 0 spiro atoms. The van der Waals surface area contributed by atoms with Crippen LogP contribution in [0.5, 0.6) is 17.2 Å². The Hall–Kier alpha value is -3.76. The summed E-state index contributed by atoms with van der Waals surface area (Å²) in [7, 11) is 2.91. The van der Waals surface area contributed by atoms with Crippen molar-refractivity contribution < 1.29 is 33.7 Å². The van der Waals surface area contributed by atoms with Crippen molar-refractivity contribution in [1.29, 1.82) is 0 Å². The maximum atomic E-state index is 12.2. The number of phenolic OH excluding ortho intramolecular Hbond substituents is 1. The minimum absolute atomic E-state index is 0.0258. The summed E-state index contributed by atoms with van der Waals surface area (Å²) in [6.45, 7) is -0.402. The quantitative estimate of drug-likeness (QED) is 0.462. The molecule has 0 unspecified atom stereocenters. The molecule has 2 amide bonds. The van der Waals surface area contributed by atoms with E-state index >= 15 is 0 Å². The summed E-state index contributed by atoms with van der Waals surface area (Å²) in [5, 5.41) is 21.9. The summed E-state index contributed by atoms with van der Waals surface area (Å²) in [5.74, 6) is -0.0349. The van der Waals surface area contributed by atoms with Gasteiger partial charge in [0.25, 0.3) is 5.91 Å². The van der Waals surface area contributed by atoms with Crippen molar-refractivity contribution in [1.82, 2.24) is 15.5 Å². The molecular weight excluding hydrogens is 408 g/mol. The van der Waals surface area contributed by atoms with Crippen LogP contribution < -0.4 is 20.1 Å². The predicted octanol–water partition coefficient (Wildman–Crippen LogP) is 1.95. The largest absolute Gasteiger partial charge is 0.507 e. The van der Waals surface area contributed by atoms with Gasteiger partial charge in [-0.3, -0.25) is 14.7 Å². The number of aldehydes is 1. The van der Waals surface area contributed by atoms with Crippen LogP contribution in [0.1, 0.15) is 41.2 Å². The number of anilines is 1. The minimum Gasteiger partial charge on any atom is -0.507 e. The van der Waals surface area contributed by atoms with E-state index in [0.29, 0.717) is 18.5 Å². The third-order valence-electron chi connectivity index (χ3n) is 4.97. The molecule has 2 atom stereocenters. The number of carbonyl (C=O) groups excluding carboxylic acids is 3. The molecule has 1 aromatic carbocycles. The SMILES string of the molecule is CNC(=O)O[C@@H]1CC[C@H](c2cc(NC(=O)COc3cc(OC)cc(O)c3C=O)n[nH]2)C1. The van der Waals surface area contributed by atoms with Crippen LogP contribution in [-0.2, 0) is 9.53 Å². The van der Waals surface area contributed by atoms with Crippen molar-refractivity contribution in [2.45, 2.75) is 31.3 Å². The normalized spacial score (nSPS) is 17.6. The smallest absolute Gasteiger partial charge is 0.407 e. The van der Waals surface area contributed by atoms with Crippen LogP contribution in [0.4, 0.5) is 10.6 Å². The molecule has 1 saturated carbocycles. The molecule has 1 aliphatic rings. The fraction of sp³-hybridized carbons (Fsp3) is 0.400. The Morgan fingerprint density at radius 2 is 2.13 bits per heavy atom. The molecule has 166 valence electrons. The topological polar surface area (TPSA) is 152 Å². The minimum atomic E-state index is -0.496. The number of carbonyl (C=O) groups is 3. The van der Waals surface area contributed by atoms with Gasteiger partial charge in [0.1, 0.15) is 23.4 Å². The number of ether oxygens (including phenoxy) is 3. The zero-order valence-electron chi connectivity index (χ0n) is 17.1. The highest BCUT2D eigenvalue weighted by Crippen LogP contribution is 2.36. The zero-order chi connectivity index (χ0) is 22.4. The summed E-state index contributed by atoms with van der Waals surface area (Å²) in [5.41, 5.74) is 0.755. The summed E-state index contributed by atoms with van der Waals surface area (Å²) in [6.07, 6.45) is 2.06. The van der Waals surface area contributed by atoms with Gasteiger partial charge < -0.3 is 30.0 Å². The van der Waals surface area contributed by atoms with Gasteiger partial charge in [-0.05, 0) is 19.3 Å². The average Bonchev–Trinajstić information content (AvgIpc) is 3.41. The van der Waals surface area contributed by atoms with E-state index in [0.717, 1.165) is 18.5 Å². The molecule has 11 heteroatoms. The van der Waals surface area contributed by atoms with Gasteiger partial charge in [-0.1, -0.05) is 0 Å². The van der Waals surface area contributed by atoms with Crippen molar-refractivity contribution in [2.75, 3.05) is 26.1 Å². The van der Waals surface area contributed by atoms with Crippen molar-refractivity contribution in [2.24, 2.45) is 0 Å². The Balaban J connectivity index is 1.55. The van der Waals surface area contributed by atoms with Gasteiger partial charge >= 0.3 is 6.09 Å². The standard InChI is InChI=1S/C20H24N4O7/c1-21-20(28)31-12-4-3-11(5-12)15-8-18(24-23-15)22-19(27)10-30-17-7-13(29-2)6-16(26)14(17)9-25/h6-9,11-12,26H,3-5,10H2,1-2H3,(H,21,28)(H2,22,23,24,27)/t11-,12+/m0/s1. The van der Waals surface area contributed by atoms with Gasteiger partial charge in [0.05, 0.1) is 12.7 Å². The number of aromatic amines is 1. The van der Waals surface area contributed by atoms with E-state index in [-0.39, 0.29) is 34.8 Å². The Kier molecular flexibility index (Phi) is 6.96. The van der Waals surface area contributed by atoms with Crippen molar-refractivity contribution >= 4 is 24.1 Å². The van der Waals surface area contributed by atoms with E-state index in [2.05, 4.69) is 20.8 Å². The number of aromatic hydroxyl groups is 1. The van der Waals surface area contributed by atoms with Crippen LogP contribution in [0.3, 0.4) is 0 Å². The summed E-state index contributed by atoms with van der Waals surface area (Å²) < 4.78 is 15.7. The summed E-state index contributed by atoms with van der Waals surface area (Å²) in [6, 6.07) is 4.40. The summed E-state index contributed by atoms with van der Waals surface area (Å²) in [4.78, 5) is 34.8. The van der Waals surface area contributed by atoms with Gasteiger partial charge in [-0.15, -0.1) is 0 Å². The van der Waals surface area contributed by atoms with Gasteiger partial charge in [0, 0.05) is 36.9 Å². The van der Waals surface area contributed by atoms with E-state index in [9.17, 15) is 19.5 Å². The predicted molar refractivity (Wildman–Crippen MR) is 109 cm³/mol. The molecule has 31 heavy (non-hydrogen) atoms. The second-order valence-electron chi connectivity index (χ2n) is 7.01. The van der Waals surface area contributed by atoms with Crippen LogP contribution in [0, 0.1) is 0 Å². The first-order valence-corrected chi connectivity index (χ1v) is 9.66. The molecule has 4 N–H and O–H groups in total. The number of alkyl carbamates (subject to hydrolysis) is 1. The molecule has 1 heterocycles. The first-order valence-electron chi connectivity index (χ1n) is 9.66. The number of rotatable bonds is 8. The molecule has 0 bridgehead atoms. The molecule has 0 radical (unpaired) electrons. The van der Waals surface area contributed by atoms with Gasteiger partial charge in [0.15, 0.2) is 18.7 Å². The Labute approximate surface area is 178 Å². The molecule has 3 rings (SSSR count). The molecule has 2 aromatic rings. The maximum Gasteiger partial charge on any atom is 0.407 e. The number of phenols is 1. The number of amides is 2. The van der Waals surface area contributed by atoms with Crippen molar-refractivity contribution in [3.63, 3.8) is 0 Å². The van der Waals surface area contributed by atoms with Crippen LogP contribution in [-0.4, -0.2) is 60.5 Å². The van der Waals surface area contributed by atoms with E-state index in [1.165, 1.54) is 26.3 Å². The Morgan fingerprint density at radius 1 is 1.32 bits per heavy atom. The Bertz CT molecular complexity index is 959. The third-order valence-corrected chi connectivity index (χ3v) is 4.97. The number of hydrogen-bond donors (Lipinski definition) is 4. The highest BCUT2D eigenvalue weighted by atomic mass is 16.6. The van der Waals surface area contributed by atoms with Crippen LogP contribution >= 0.6 is 0 Å². The molecule has 1 aromatic heterocycles. The number of aromatic nitrogens is 2. The molecular formula is C20H24N4O7. The molecule has 1 aliphatic carbocycles. The fourth-order valence-electron chi connectivity index (χ4n) is 3.42. The second kappa shape index (κ2) is 9.83. The highest BCUT2D eigenvalue weighted by Gasteiger charge is 2.29. The molecule has 1 fully saturated rings. The lowest BCUT2D eigenvalue weighted by molar-refractivity contribution is -0.118. The number of H-pyrrole nitrogens is 1. The molecule has 0 saturated heterocycles. The Morgan fingerprint density at radius 3 is 2.84 bits per heavy atom. The highest BCUT2D eigenvalue weighted by molar-refractivity contribution is 5.91. The number of nitrogens with zero attached hydrogens (tertiary/aromatic N) is 1. The van der Waals surface area contributed by atoms with Gasteiger partial charge in [-0.25, -0.2) is 4.79 Å². The fourth-order valence-corrected chi connectivity index (χ4v) is 3.42. The average molecular weight is 432 g/mol. The lowest BCUT2D eigenvalue weighted by Gasteiger charge is -2.11. The third kappa shape index (κ3) is 5.44.